The van der Waals surface area contributed by atoms with Gasteiger partial charge in [0.2, 0.25) is 5.91 Å². The van der Waals surface area contributed by atoms with Crippen molar-refractivity contribution in [3.05, 3.63) is 10.6 Å². The van der Waals surface area contributed by atoms with Crippen molar-refractivity contribution in [2.75, 3.05) is 19.6 Å². The Labute approximate surface area is 146 Å². The zero-order chi connectivity index (χ0) is 15.9. The van der Waals surface area contributed by atoms with Crippen LogP contribution in [0.15, 0.2) is 0 Å². The van der Waals surface area contributed by atoms with Crippen molar-refractivity contribution in [1.29, 1.82) is 0 Å². The van der Waals surface area contributed by atoms with Crippen LogP contribution in [-0.2, 0) is 11.2 Å². The van der Waals surface area contributed by atoms with Gasteiger partial charge < -0.3 is 16.0 Å². The molecule has 1 unspecified atom stereocenters. The summed E-state index contributed by atoms with van der Waals surface area (Å²) >= 11 is 1.15. The highest BCUT2D eigenvalue weighted by Gasteiger charge is 2.30. The third kappa shape index (κ3) is 5.12. The van der Waals surface area contributed by atoms with E-state index in [1.165, 1.54) is 0 Å². The van der Waals surface area contributed by atoms with Crippen LogP contribution in [0.4, 0.5) is 0 Å². The van der Waals surface area contributed by atoms with Crippen LogP contribution in [0.1, 0.15) is 48.0 Å². The number of hydrogen-bond donors (Lipinski definition) is 2. The Bertz CT molecular complexity index is 525. The average Bonchev–Trinajstić information content (AvgIpc) is 3.01. The first-order valence-electron chi connectivity index (χ1n) is 7.76. The highest BCUT2D eigenvalue weighted by atomic mass is 35.5. The fourth-order valence-corrected chi connectivity index (χ4v) is 3.37. The zero-order valence-electron chi connectivity index (χ0n) is 13.3. The highest BCUT2D eigenvalue weighted by molar-refractivity contribution is 7.08. The monoisotopic (exact) mass is 361 g/mol. The lowest BCUT2D eigenvalue weighted by Gasteiger charge is -2.35. The Kier molecular flexibility index (Phi) is 8.43. The molecule has 1 aliphatic rings. The summed E-state index contributed by atoms with van der Waals surface area (Å²) in [5.74, 6) is -0.0706. The molecule has 1 aromatic rings. The van der Waals surface area contributed by atoms with Gasteiger partial charge in [-0.05, 0) is 37.2 Å². The van der Waals surface area contributed by atoms with E-state index in [0.29, 0.717) is 30.8 Å². The third-order valence-electron chi connectivity index (χ3n) is 3.88. The molecule has 2 rings (SSSR count). The molecule has 0 saturated carbocycles. The Balaban J connectivity index is 0.00000264. The van der Waals surface area contributed by atoms with E-state index in [1.54, 1.807) is 0 Å². The van der Waals surface area contributed by atoms with Gasteiger partial charge in [0.25, 0.3) is 5.91 Å². The first kappa shape index (κ1) is 19.8. The summed E-state index contributed by atoms with van der Waals surface area (Å²) in [4.78, 5) is 26.8. The number of rotatable bonds is 6. The number of carbonyl (C=O) groups is 2. The van der Waals surface area contributed by atoms with Crippen LogP contribution in [0.3, 0.4) is 0 Å². The number of aryl methyl sites for hydroxylation is 1. The van der Waals surface area contributed by atoms with Gasteiger partial charge in [-0.1, -0.05) is 11.4 Å². The number of nitrogens with zero attached hydrogens (tertiary/aromatic N) is 3. The predicted molar refractivity (Wildman–Crippen MR) is 91.9 cm³/mol. The maximum atomic E-state index is 12.7. The molecule has 130 valence electrons. The molecular weight excluding hydrogens is 338 g/mol. The Morgan fingerprint density at radius 2 is 2.22 bits per heavy atom. The lowest BCUT2D eigenvalue weighted by Crippen LogP contribution is -2.49. The molecule has 2 amide bonds. The van der Waals surface area contributed by atoms with Gasteiger partial charge in [-0.2, -0.15) is 0 Å². The van der Waals surface area contributed by atoms with E-state index in [9.17, 15) is 9.59 Å². The molecule has 0 aromatic carbocycles. The molecule has 2 heterocycles. The van der Waals surface area contributed by atoms with E-state index in [0.717, 1.165) is 43.0 Å². The summed E-state index contributed by atoms with van der Waals surface area (Å²) < 4.78 is 3.89. The van der Waals surface area contributed by atoms with Gasteiger partial charge in [0, 0.05) is 32.1 Å². The summed E-state index contributed by atoms with van der Waals surface area (Å²) in [5.41, 5.74) is 6.13. The molecule has 1 aromatic heterocycles. The van der Waals surface area contributed by atoms with Crippen LogP contribution in [-0.4, -0.2) is 52.0 Å². The number of nitrogens with one attached hydrogen (secondary N) is 1. The summed E-state index contributed by atoms with van der Waals surface area (Å²) in [6, 6.07) is 0.0368. The van der Waals surface area contributed by atoms with Crippen LogP contribution in [0.2, 0.25) is 0 Å². The van der Waals surface area contributed by atoms with Crippen molar-refractivity contribution < 1.29 is 9.59 Å². The Morgan fingerprint density at radius 3 is 2.91 bits per heavy atom. The van der Waals surface area contributed by atoms with Crippen molar-refractivity contribution >= 4 is 35.8 Å². The number of halogens is 1. The van der Waals surface area contributed by atoms with E-state index in [-0.39, 0.29) is 30.3 Å². The normalized spacial score (nSPS) is 17.5. The van der Waals surface area contributed by atoms with Crippen LogP contribution >= 0.6 is 23.9 Å². The van der Waals surface area contributed by atoms with Crippen molar-refractivity contribution in [1.82, 2.24) is 19.8 Å². The topological polar surface area (TPSA) is 101 Å². The van der Waals surface area contributed by atoms with Gasteiger partial charge in [-0.25, -0.2) is 0 Å². The number of aromatic nitrogens is 2. The van der Waals surface area contributed by atoms with E-state index in [2.05, 4.69) is 14.9 Å². The highest BCUT2D eigenvalue weighted by Crippen LogP contribution is 2.22. The summed E-state index contributed by atoms with van der Waals surface area (Å²) in [7, 11) is 0. The third-order valence-corrected chi connectivity index (χ3v) is 4.64. The minimum atomic E-state index is -0.0609. The number of piperidine rings is 1. The molecular formula is C14H24ClN5O2S. The fourth-order valence-electron chi connectivity index (χ4n) is 2.66. The van der Waals surface area contributed by atoms with Gasteiger partial charge in [-0.15, -0.1) is 17.5 Å². The van der Waals surface area contributed by atoms with Gasteiger partial charge in [0.05, 0.1) is 5.69 Å². The van der Waals surface area contributed by atoms with Crippen molar-refractivity contribution in [3.8, 4) is 0 Å². The van der Waals surface area contributed by atoms with Crippen LogP contribution in [0, 0.1) is 0 Å². The largest absolute Gasteiger partial charge is 0.354 e. The Morgan fingerprint density at radius 1 is 1.43 bits per heavy atom. The van der Waals surface area contributed by atoms with Crippen molar-refractivity contribution in [2.24, 2.45) is 5.73 Å². The van der Waals surface area contributed by atoms with Crippen LogP contribution in [0.25, 0.3) is 0 Å². The Hall–Kier alpha value is -1.25. The van der Waals surface area contributed by atoms with Gasteiger partial charge in [0.1, 0.15) is 4.88 Å². The molecule has 0 spiro atoms. The minimum Gasteiger partial charge on any atom is -0.354 e. The second-order valence-corrected chi connectivity index (χ2v) is 6.15. The average molecular weight is 362 g/mol. The predicted octanol–water partition coefficient (Wildman–Crippen LogP) is 0.982. The van der Waals surface area contributed by atoms with Gasteiger partial charge in [0.15, 0.2) is 0 Å². The molecule has 0 bridgehead atoms. The molecule has 7 nitrogen and oxygen atoms in total. The first-order chi connectivity index (χ1) is 10.7. The number of nitrogens with two attached hydrogens (primary N) is 1. The minimum absolute atomic E-state index is 0. The molecule has 1 atom stereocenters. The summed E-state index contributed by atoms with van der Waals surface area (Å²) in [6.45, 7) is 3.51. The number of amides is 2. The standard InChI is InChI=1S/C14H23N5O2S.ClH/c1-2-11-13(22-18-17-11)14(21)19-8-4-3-5-10(19)9-16-12(20)6-7-15;/h10H,2-9,15H2,1H3,(H,16,20);1H. The SMILES string of the molecule is CCc1nnsc1C(=O)N1CCCCC1CNC(=O)CCN.Cl. The van der Waals surface area contributed by atoms with E-state index in [1.807, 2.05) is 11.8 Å². The first-order valence-corrected chi connectivity index (χ1v) is 8.53. The lowest BCUT2D eigenvalue weighted by molar-refractivity contribution is -0.121. The molecule has 1 aliphatic heterocycles. The molecule has 1 saturated heterocycles. The van der Waals surface area contributed by atoms with Crippen molar-refractivity contribution in [3.63, 3.8) is 0 Å². The maximum absolute atomic E-state index is 12.7. The second kappa shape index (κ2) is 9.79. The van der Waals surface area contributed by atoms with Crippen LogP contribution < -0.4 is 11.1 Å². The number of carbonyl (C=O) groups excluding carboxylic acids is 2. The number of hydrogen-bond acceptors (Lipinski definition) is 6. The fraction of sp³-hybridized carbons (Fsp3) is 0.714. The summed E-state index contributed by atoms with van der Waals surface area (Å²) in [5, 5.41) is 6.88. The van der Waals surface area contributed by atoms with Crippen LogP contribution in [0.5, 0.6) is 0 Å². The van der Waals surface area contributed by atoms with Crippen molar-refractivity contribution in [2.45, 2.75) is 45.1 Å². The molecule has 23 heavy (non-hydrogen) atoms. The molecule has 9 heteroatoms. The maximum Gasteiger partial charge on any atom is 0.267 e. The van der Waals surface area contributed by atoms with Gasteiger partial charge in [-0.3, -0.25) is 9.59 Å². The zero-order valence-corrected chi connectivity index (χ0v) is 14.9. The number of likely N-dealkylation sites (tertiary alicyclic amines) is 1. The molecule has 0 radical (unpaired) electrons. The molecule has 0 aliphatic carbocycles. The quantitative estimate of drug-likeness (QED) is 0.786. The van der Waals surface area contributed by atoms with Gasteiger partial charge >= 0.3 is 0 Å². The summed E-state index contributed by atoms with van der Waals surface area (Å²) in [6.07, 6.45) is 3.99. The molecule has 3 N–H and O–H groups in total. The second-order valence-electron chi connectivity index (χ2n) is 5.39. The van der Waals surface area contributed by atoms with E-state index >= 15 is 0 Å². The smallest absolute Gasteiger partial charge is 0.267 e. The van der Waals surface area contributed by atoms with E-state index < -0.39 is 0 Å². The molecule has 1 fully saturated rings. The van der Waals surface area contributed by atoms with E-state index in [4.69, 9.17) is 5.73 Å². The lowest BCUT2D eigenvalue weighted by atomic mass is 10.0.